The lowest BCUT2D eigenvalue weighted by molar-refractivity contribution is -0.141. The van der Waals surface area contributed by atoms with Crippen molar-refractivity contribution in [3.05, 3.63) is 17.8 Å². The molecule has 0 atom stereocenters. The van der Waals surface area contributed by atoms with E-state index in [1.54, 1.807) is 0 Å². The summed E-state index contributed by atoms with van der Waals surface area (Å²) in [5, 5.41) is 9.66. The normalized spacial score (nSPS) is 16.8. The summed E-state index contributed by atoms with van der Waals surface area (Å²) in [6.45, 7) is 4.01. The first-order valence-corrected chi connectivity index (χ1v) is 6.43. The van der Waals surface area contributed by atoms with Crippen molar-refractivity contribution in [3.8, 4) is 0 Å². The van der Waals surface area contributed by atoms with Crippen molar-refractivity contribution in [1.82, 2.24) is 15.1 Å². The highest BCUT2D eigenvalue weighted by atomic mass is 19.4. The summed E-state index contributed by atoms with van der Waals surface area (Å²) in [4.78, 5) is 2.39. The maximum Gasteiger partial charge on any atom is 0.435 e. The van der Waals surface area contributed by atoms with Gasteiger partial charge in [-0.05, 0) is 51.0 Å². The number of alkyl halides is 3. The van der Waals surface area contributed by atoms with Crippen LogP contribution in [0.1, 0.15) is 25.0 Å². The summed E-state index contributed by atoms with van der Waals surface area (Å²) in [5.41, 5.74) is -0.963. The third kappa shape index (κ3) is 4.34. The molecule has 0 unspecified atom stereocenters. The second-order valence-electron chi connectivity index (χ2n) is 4.63. The van der Waals surface area contributed by atoms with Gasteiger partial charge in [0, 0.05) is 6.54 Å². The molecule has 0 amide bonds. The minimum absolute atomic E-state index is 0.384. The average Bonchev–Trinajstić information content (AvgIpc) is 2.87. The van der Waals surface area contributed by atoms with E-state index in [1.165, 1.54) is 18.9 Å². The smallest absolute Gasteiger partial charge is 0.369 e. The summed E-state index contributed by atoms with van der Waals surface area (Å²) in [5.74, 6) is 0.384. The largest absolute Gasteiger partial charge is 0.435 e. The van der Waals surface area contributed by atoms with Gasteiger partial charge in [-0.15, -0.1) is 10.2 Å². The van der Waals surface area contributed by atoms with E-state index >= 15 is 0 Å². The molecule has 0 radical (unpaired) electrons. The van der Waals surface area contributed by atoms with Gasteiger partial charge in [-0.3, -0.25) is 0 Å². The maximum atomic E-state index is 12.3. The van der Waals surface area contributed by atoms with Crippen molar-refractivity contribution < 1.29 is 13.2 Å². The van der Waals surface area contributed by atoms with Crippen LogP contribution in [0.15, 0.2) is 12.1 Å². The fourth-order valence-corrected chi connectivity index (χ4v) is 2.10. The van der Waals surface area contributed by atoms with Gasteiger partial charge in [0.25, 0.3) is 0 Å². The van der Waals surface area contributed by atoms with Crippen molar-refractivity contribution in [2.24, 2.45) is 0 Å². The van der Waals surface area contributed by atoms with Crippen LogP contribution >= 0.6 is 0 Å². The number of anilines is 1. The quantitative estimate of drug-likeness (QED) is 0.837. The number of likely N-dealkylation sites (tertiary alicyclic amines) is 1. The SMILES string of the molecule is FC(F)(F)c1ccc(NCCCN2CCCC2)nn1. The predicted octanol–water partition coefficient (Wildman–Crippen LogP) is 2.39. The lowest BCUT2D eigenvalue weighted by atomic mass is 10.3. The number of nitrogens with zero attached hydrogens (tertiary/aromatic N) is 3. The van der Waals surface area contributed by atoms with Gasteiger partial charge in [-0.25, -0.2) is 0 Å². The number of rotatable bonds is 5. The number of nitrogens with one attached hydrogen (secondary N) is 1. The molecule has 1 saturated heterocycles. The van der Waals surface area contributed by atoms with Gasteiger partial charge in [-0.2, -0.15) is 13.2 Å². The Kier molecular flexibility index (Phi) is 4.57. The Labute approximate surface area is 110 Å². The van der Waals surface area contributed by atoms with E-state index in [0.29, 0.717) is 12.4 Å². The highest BCUT2D eigenvalue weighted by molar-refractivity contribution is 5.33. The monoisotopic (exact) mass is 274 g/mol. The van der Waals surface area contributed by atoms with Gasteiger partial charge < -0.3 is 10.2 Å². The maximum absolute atomic E-state index is 12.3. The molecule has 0 bridgehead atoms. The molecular formula is C12H17F3N4. The van der Waals surface area contributed by atoms with E-state index in [-0.39, 0.29) is 0 Å². The van der Waals surface area contributed by atoms with Crippen LogP contribution in [0.3, 0.4) is 0 Å². The molecule has 0 saturated carbocycles. The molecule has 2 rings (SSSR count). The molecule has 19 heavy (non-hydrogen) atoms. The van der Waals surface area contributed by atoms with E-state index in [0.717, 1.165) is 32.1 Å². The van der Waals surface area contributed by atoms with Gasteiger partial charge >= 0.3 is 6.18 Å². The fourth-order valence-electron chi connectivity index (χ4n) is 2.10. The van der Waals surface area contributed by atoms with Crippen LogP contribution in [0.4, 0.5) is 19.0 Å². The van der Waals surface area contributed by atoms with Crippen LogP contribution in [-0.4, -0.2) is 41.3 Å². The first-order chi connectivity index (χ1) is 9.05. The first kappa shape index (κ1) is 14.0. The lowest BCUT2D eigenvalue weighted by Crippen LogP contribution is -2.22. The van der Waals surface area contributed by atoms with Crippen LogP contribution in [0.25, 0.3) is 0 Å². The third-order valence-corrected chi connectivity index (χ3v) is 3.11. The summed E-state index contributed by atoms with van der Waals surface area (Å²) >= 11 is 0. The topological polar surface area (TPSA) is 41.0 Å². The van der Waals surface area contributed by atoms with Crippen molar-refractivity contribution >= 4 is 5.82 Å². The molecular weight excluding hydrogens is 257 g/mol. The Morgan fingerprint density at radius 2 is 1.89 bits per heavy atom. The highest BCUT2D eigenvalue weighted by Crippen LogP contribution is 2.26. The Morgan fingerprint density at radius 3 is 2.47 bits per heavy atom. The fraction of sp³-hybridized carbons (Fsp3) is 0.667. The van der Waals surface area contributed by atoms with Crippen LogP contribution in [0.5, 0.6) is 0 Å². The molecule has 0 spiro atoms. The predicted molar refractivity (Wildman–Crippen MR) is 65.8 cm³/mol. The van der Waals surface area contributed by atoms with Crippen molar-refractivity contribution in [2.45, 2.75) is 25.4 Å². The molecule has 0 aromatic carbocycles. The third-order valence-electron chi connectivity index (χ3n) is 3.11. The van der Waals surface area contributed by atoms with Gasteiger partial charge in [0.2, 0.25) is 0 Å². The molecule has 1 aliphatic heterocycles. The minimum Gasteiger partial charge on any atom is -0.369 e. The average molecular weight is 274 g/mol. The van der Waals surface area contributed by atoms with Crippen LogP contribution in [0, 0.1) is 0 Å². The number of hydrogen-bond donors (Lipinski definition) is 1. The molecule has 1 N–H and O–H groups in total. The second kappa shape index (κ2) is 6.18. The first-order valence-electron chi connectivity index (χ1n) is 6.43. The summed E-state index contributed by atoms with van der Waals surface area (Å²) in [6.07, 6.45) is -0.959. The zero-order valence-electron chi connectivity index (χ0n) is 10.6. The van der Waals surface area contributed by atoms with E-state index in [2.05, 4.69) is 20.4 Å². The zero-order chi connectivity index (χ0) is 13.7. The van der Waals surface area contributed by atoms with Gasteiger partial charge in [0.15, 0.2) is 5.69 Å². The highest BCUT2D eigenvalue weighted by Gasteiger charge is 2.32. The lowest BCUT2D eigenvalue weighted by Gasteiger charge is -2.14. The minimum atomic E-state index is -4.43. The molecule has 0 aliphatic carbocycles. The number of aromatic nitrogens is 2. The number of hydrogen-bond acceptors (Lipinski definition) is 4. The van der Waals surface area contributed by atoms with E-state index in [4.69, 9.17) is 0 Å². The summed E-state index contributed by atoms with van der Waals surface area (Å²) in [6, 6.07) is 2.25. The van der Waals surface area contributed by atoms with Crippen LogP contribution in [-0.2, 0) is 6.18 Å². The standard InChI is InChI=1S/C12H17F3N4/c13-12(14,15)10-4-5-11(18-17-10)16-6-3-9-19-7-1-2-8-19/h4-5H,1-3,6-9H2,(H,16,18). The molecule has 7 heteroatoms. The van der Waals surface area contributed by atoms with E-state index in [1.807, 2.05) is 0 Å². The molecule has 1 aliphatic rings. The molecule has 1 aromatic rings. The van der Waals surface area contributed by atoms with Crippen LogP contribution in [0.2, 0.25) is 0 Å². The van der Waals surface area contributed by atoms with Crippen molar-refractivity contribution in [3.63, 3.8) is 0 Å². The van der Waals surface area contributed by atoms with Crippen molar-refractivity contribution in [1.29, 1.82) is 0 Å². The Balaban J connectivity index is 1.71. The van der Waals surface area contributed by atoms with Gasteiger partial charge in [0.1, 0.15) is 5.82 Å². The molecule has 106 valence electrons. The Bertz CT molecular complexity index is 385. The zero-order valence-corrected chi connectivity index (χ0v) is 10.6. The Hall–Kier alpha value is -1.37. The second-order valence-corrected chi connectivity index (χ2v) is 4.63. The van der Waals surface area contributed by atoms with Crippen LogP contribution < -0.4 is 5.32 Å². The molecule has 1 fully saturated rings. The van der Waals surface area contributed by atoms with Gasteiger partial charge in [-0.1, -0.05) is 0 Å². The van der Waals surface area contributed by atoms with Gasteiger partial charge in [0.05, 0.1) is 0 Å². The molecule has 2 heterocycles. The molecule has 1 aromatic heterocycles. The molecule has 4 nitrogen and oxygen atoms in total. The van der Waals surface area contributed by atoms with E-state index in [9.17, 15) is 13.2 Å². The summed E-state index contributed by atoms with van der Waals surface area (Å²) in [7, 11) is 0. The van der Waals surface area contributed by atoms with E-state index < -0.39 is 11.9 Å². The van der Waals surface area contributed by atoms with Crippen molar-refractivity contribution in [2.75, 3.05) is 31.5 Å². The number of halogens is 3. The summed E-state index contributed by atoms with van der Waals surface area (Å²) < 4.78 is 36.8. The Morgan fingerprint density at radius 1 is 1.16 bits per heavy atom.